The highest BCUT2D eigenvalue weighted by Gasteiger charge is 2.32. The van der Waals surface area contributed by atoms with E-state index in [1.807, 2.05) is 30.3 Å². The highest BCUT2D eigenvalue weighted by atomic mass is 16.6. The van der Waals surface area contributed by atoms with Gasteiger partial charge in [0.05, 0.1) is 38.3 Å². The van der Waals surface area contributed by atoms with Crippen LogP contribution in [0.5, 0.6) is 0 Å². The SMILES string of the molecule is O=C(O)C[C@@H]1CN(C(=O)OCc2ccccc2)C[C@@H](CO)O1. The van der Waals surface area contributed by atoms with Gasteiger partial charge in [0.1, 0.15) is 6.61 Å². The Morgan fingerprint density at radius 1 is 1.23 bits per heavy atom. The Kier molecular flexibility index (Phi) is 5.74. The molecule has 2 N–H and O–H groups in total. The molecular weight excluding hydrogens is 290 g/mol. The summed E-state index contributed by atoms with van der Waals surface area (Å²) in [7, 11) is 0. The monoisotopic (exact) mass is 309 g/mol. The van der Waals surface area contributed by atoms with Crippen LogP contribution in [0.2, 0.25) is 0 Å². The Balaban J connectivity index is 1.90. The molecule has 120 valence electrons. The Morgan fingerprint density at radius 2 is 1.91 bits per heavy atom. The number of morpholine rings is 1. The Labute approximate surface area is 128 Å². The molecule has 1 aromatic carbocycles. The van der Waals surface area contributed by atoms with E-state index < -0.39 is 24.3 Å². The largest absolute Gasteiger partial charge is 0.481 e. The molecule has 1 aliphatic rings. The third-order valence-electron chi connectivity index (χ3n) is 3.30. The summed E-state index contributed by atoms with van der Waals surface area (Å²) in [5.41, 5.74) is 0.866. The van der Waals surface area contributed by atoms with E-state index in [-0.39, 0.29) is 32.7 Å². The number of aliphatic carboxylic acids is 1. The number of carboxylic acid groups (broad SMARTS) is 1. The molecule has 1 fully saturated rings. The second-order valence-corrected chi connectivity index (χ2v) is 5.11. The summed E-state index contributed by atoms with van der Waals surface area (Å²) >= 11 is 0. The number of benzene rings is 1. The first-order valence-corrected chi connectivity index (χ1v) is 7.02. The Morgan fingerprint density at radius 3 is 2.55 bits per heavy atom. The maximum atomic E-state index is 12.1. The number of rotatable bonds is 5. The van der Waals surface area contributed by atoms with Gasteiger partial charge in [-0.1, -0.05) is 30.3 Å². The summed E-state index contributed by atoms with van der Waals surface area (Å²) in [6.45, 7) is 0.180. The lowest BCUT2D eigenvalue weighted by molar-refractivity contribution is -0.147. The first-order valence-electron chi connectivity index (χ1n) is 7.02. The molecule has 1 heterocycles. The Hall–Kier alpha value is -2.12. The lowest BCUT2D eigenvalue weighted by atomic mass is 10.1. The molecule has 0 aromatic heterocycles. The second-order valence-electron chi connectivity index (χ2n) is 5.11. The van der Waals surface area contributed by atoms with Crippen molar-refractivity contribution in [1.82, 2.24) is 4.90 Å². The van der Waals surface area contributed by atoms with Crippen LogP contribution in [-0.4, -0.2) is 59.1 Å². The highest BCUT2D eigenvalue weighted by molar-refractivity contribution is 5.69. The molecule has 0 aliphatic carbocycles. The summed E-state index contributed by atoms with van der Waals surface area (Å²) < 4.78 is 10.6. The van der Waals surface area contributed by atoms with Gasteiger partial charge in [-0.05, 0) is 5.56 Å². The van der Waals surface area contributed by atoms with Gasteiger partial charge in [0.25, 0.3) is 0 Å². The molecule has 1 amide bonds. The number of carboxylic acids is 1. The van der Waals surface area contributed by atoms with Crippen LogP contribution in [0.25, 0.3) is 0 Å². The average molecular weight is 309 g/mol. The summed E-state index contributed by atoms with van der Waals surface area (Å²) in [4.78, 5) is 24.2. The van der Waals surface area contributed by atoms with Crippen LogP contribution in [0.1, 0.15) is 12.0 Å². The summed E-state index contributed by atoms with van der Waals surface area (Å²) in [5.74, 6) is -1.01. The predicted molar refractivity (Wildman–Crippen MR) is 76.2 cm³/mol. The molecule has 0 unspecified atom stereocenters. The van der Waals surface area contributed by atoms with E-state index in [1.165, 1.54) is 4.90 Å². The average Bonchev–Trinajstić information content (AvgIpc) is 2.52. The quantitative estimate of drug-likeness (QED) is 0.837. The van der Waals surface area contributed by atoms with Crippen molar-refractivity contribution in [2.24, 2.45) is 0 Å². The van der Waals surface area contributed by atoms with Crippen molar-refractivity contribution in [2.75, 3.05) is 19.7 Å². The standard InChI is InChI=1S/C15H19NO6/c17-9-13-8-16(7-12(22-13)6-14(18)19)15(20)21-10-11-4-2-1-3-5-11/h1-5,12-13,17H,6-10H2,(H,18,19)/t12-,13+/m1/s1. The van der Waals surface area contributed by atoms with Gasteiger partial charge < -0.3 is 24.6 Å². The van der Waals surface area contributed by atoms with Crippen molar-refractivity contribution in [1.29, 1.82) is 0 Å². The van der Waals surface area contributed by atoms with Gasteiger partial charge in [0.15, 0.2) is 0 Å². The molecular formula is C15H19NO6. The summed E-state index contributed by atoms with van der Waals surface area (Å²) in [5, 5.41) is 18.0. The third kappa shape index (κ3) is 4.71. The van der Waals surface area contributed by atoms with Crippen LogP contribution >= 0.6 is 0 Å². The Bertz CT molecular complexity index is 506. The first-order chi connectivity index (χ1) is 10.6. The van der Waals surface area contributed by atoms with E-state index in [0.717, 1.165) is 5.56 Å². The van der Waals surface area contributed by atoms with Crippen molar-refractivity contribution < 1.29 is 29.3 Å². The van der Waals surface area contributed by atoms with Crippen molar-refractivity contribution in [2.45, 2.75) is 25.2 Å². The van der Waals surface area contributed by atoms with E-state index in [1.54, 1.807) is 0 Å². The van der Waals surface area contributed by atoms with Crippen molar-refractivity contribution in [3.63, 3.8) is 0 Å². The molecule has 2 rings (SSSR count). The van der Waals surface area contributed by atoms with E-state index in [0.29, 0.717) is 0 Å². The number of hydrogen-bond donors (Lipinski definition) is 2. The number of ether oxygens (including phenoxy) is 2. The number of carbonyl (C=O) groups excluding carboxylic acids is 1. The fourth-order valence-corrected chi connectivity index (χ4v) is 2.29. The number of amides is 1. The molecule has 0 spiro atoms. The molecule has 1 aromatic rings. The lowest BCUT2D eigenvalue weighted by Crippen LogP contribution is -2.51. The predicted octanol–water partition coefficient (Wildman–Crippen LogP) is 0.860. The number of aliphatic hydroxyl groups excluding tert-OH is 1. The number of nitrogens with zero attached hydrogens (tertiary/aromatic N) is 1. The third-order valence-corrected chi connectivity index (χ3v) is 3.30. The zero-order valence-corrected chi connectivity index (χ0v) is 12.1. The zero-order chi connectivity index (χ0) is 15.9. The van der Waals surface area contributed by atoms with Gasteiger partial charge in [0.2, 0.25) is 0 Å². The smallest absolute Gasteiger partial charge is 0.410 e. The molecule has 0 bridgehead atoms. The molecule has 1 aliphatic heterocycles. The lowest BCUT2D eigenvalue weighted by Gasteiger charge is -2.36. The van der Waals surface area contributed by atoms with Crippen LogP contribution in [-0.2, 0) is 20.9 Å². The van der Waals surface area contributed by atoms with Gasteiger partial charge >= 0.3 is 12.1 Å². The molecule has 1 saturated heterocycles. The van der Waals surface area contributed by atoms with Crippen molar-refractivity contribution in [3.05, 3.63) is 35.9 Å². The van der Waals surface area contributed by atoms with Crippen LogP contribution < -0.4 is 0 Å². The normalized spacial score (nSPS) is 21.4. The molecule has 7 heteroatoms. The van der Waals surface area contributed by atoms with Gasteiger partial charge in [-0.3, -0.25) is 4.79 Å². The maximum Gasteiger partial charge on any atom is 0.410 e. The topological polar surface area (TPSA) is 96.3 Å². The number of aliphatic hydroxyl groups is 1. The van der Waals surface area contributed by atoms with Crippen molar-refractivity contribution in [3.8, 4) is 0 Å². The van der Waals surface area contributed by atoms with Crippen LogP contribution in [0.15, 0.2) is 30.3 Å². The second kappa shape index (κ2) is 7.77. The highest BCUT2D eigenvalue weighted by Crippen LogP contribution is 2.15. The summed E-state index contributed by atoms with van der Waals surface area (Å²) in [6.07, 6.45) is -2.00. The van der Waals surface area contributed by atoms with Crippen LogP contribution in [0.3, 0.4) is 0 Å². The minimum absolute atomic E-state index is 0.135. The fourth-order valence-electron chi connectivity index (χ4n) is 2.29. The minimum atomic E-state index is -1.01. The van der Waals surface area contributed by atoms with Crippen LogP contribution in [0.4, 0.5) is 4.79 Å². The fraction of sp³-hybridized carbons (Fsp3) is 0.467. The molecule has 7 nitrogen and oxygen atoms in total. The maximum absolute atomic E-state index is 12.1. The first kappa shape index (κ1) is 16.3. The van der Waals surface area contributed by atoms with Gasteiger partial charge in [-0.2, -0.15) is 0 Å². The molecule has 0 radical (unpaired) electrons. The molecule has 2 atom stereocenters. The molecule has 22 heavy (non-hydrogen) atoms. The van der Waals surface area contributed by atoms with Gasteiger partial charge in [-0.25, -0.2) is 4.79 Å². The summed E-state index contributed by atoms with van der Waals surface area (Å²) in [6, 6.07) is 9.26. The van der Waals surface area contributed by atoms with Gasteiger partial charge in [0, 0.05) is 0 Å². The number of hydrogen-bond acceptors (Lipinski definition) is 5. The van der Waals surface area contributed by atoms with E-state index in [9.17, 15) is 14.7 Å². The van der Waals surface area contributed by atoms with E-state index in [4.69, 9.17) is 14.6 Å². The van der Waals surface area contributed by atoms with Gasteiger partial charge in [-0.15, -0.1) is 0 Å². The van der Waals surface area contributed by atoms with E-state index >= 15 is 0 Å². The number of carbonyl (C=O) groups is 2. The van der Waals surface area contributed by atoms with Crippen LogP contribution in [0, 0.1) is 0 Å². The minimum Gasteiger partial charge on any atom is -0.481 e. The molecule has 0 saturated carbocycles. The zero-order valence-electron chi connectivity index (χ0n) is 12.1. The van der Waals surface area contributed by atoms with E-state index in [2.05, 4.69) is 0 Å². The van der Waals surface area contributed by atoms with Crippen molar-refractivity contribution >= 4 is 12.1 Å².